The second-order valence-electron chi connectivity index (χ2n) is 4.70. The van der Waals surface area contributed by atoms with Crippen LogP contribution in [0.3, 0.4) is 0 Å². The van der Waals surface area contributed by atoms with Gasteiger partial charge in [0, 0.05) is 12.2 Å². The van der Waals surface area contributed by atoms with E-state index in [0.717, 1.165) is 24.1 Å². The SMILES string of the molecule is CSCC[C@@H](NC(=O)NCCCc1cn[nH]c1C)C(=O)O. The van der Waals surface area contributed by atoms with Crippen LogP contribution in [0.15, 0.2) is 6.20 Å². The van der Waals surface area contributed by atoms with E-state index in [2.05, 4.69) is 20.8 Å². The van der Waals surface area contributed by atoms with Crippen LogP contribution in [0.25, 0.3) is 0 Å². The summed E-state index contributed by atoms with van der Waals surface area (Å²) in [6, 6.07) is -1.28. The van der Waals surface area contributed by atoms with Gasteiger partial charge in [0.1, 0.15) is 6.04 Å². The number of carbonyl (C=O) groups excluding carboxylic acids is 1. The van der Waals surface area contributed by atoms with Gasteiger partial charge in [-0.3, -0.25) is 5.10 Å². The van der Waals surface area contributed by atoms with Gasteiger partial charge in [-0.2, -0.15) is 16.9 Å². The number of hydrogen-bond donors (Lipinski definition) is 4. The number of carboxylic acids is 1. The Balaban J connectivity index is 2.23. The van der Waals surface area contributed by atoms with E-state index >= 15 is 0 Å². The number of carboxylic acid groups (broad SMARTS) is 1. The van der Waals surface area contributed by atoms with Crippen molar-refractivity contribution in [3.63, 3.8) is 0 Å². The van der Waals surface area contributed by atoms with E-state index in [1.807, 2.05) is 13.2 Å². The quantitative estimate of drug-likeness (QED) is 0.512. The summed E-state index contributed by atoms with van der Waals surface area (Å²) < 4.78 is 0. The molecule has 1 rings (SSSR count). The van der Waals surface area contributed by atoms with E-state index in [-0.39, 0.29) is 0 Å². The smallest absolute Gasteiger partial charge is 0.326 e. The molecule has 21 heavy (non-hydrogen) atoms. The highest BCUT2D eigenvalue weighted by Crippen LogP contribution is 2.05. The summed E-state index contributed by atoms with van der Waals surface area (Å²) in [5, 5.41) is 21.0. The van der Waals surface area contributed by atoms with Crippen molar-refractivity contribution in [2.45, 2.75) is 32.2 Å². The topological polar surface area (TPSA) is 107 Å². The van der Waals surface area contributed by atoms with Gasteiger partial charge < -0.3 is 15.7 Å². The van der Waals surface area contributed by atoms with Crippen molar-refractivity contribution >= 4 is 23.8 Å². The molecular weight excluding hydrogens is 292 g/mol. The standard InChI is InChI=1S/C13H22N4O3S/c1-9-10(8-15-17-9)4-3-6-14-13(20)16-11(12(18)19)5-7-21-2/h8,11H,3-7H2,1-2H3,(H,15,17)(H,18,19)(H2,14,16,20)/t11-/m1/s1. The second-order valence-corrected chi connectivity index (χ2v) is 5.68. The number of nitrogens with one attached hydrogen (secondary N) is 3. The Labute approximate surface area is 128 Å². The Hall–Kier alpha value is -1.70. The number of rotatable bonds is 9. The van der Waals surface area contributed by atoms with E-state index in [1.54, 1.807) is 18.0 Å². The summed E-state index contributed by atoms with van der Waals surface area (Å²) >= 11 is 1.55. The Morgan fingerprint density at radius 2 is 2.29 bits per heavy atom. The highest BCUT2D eigenvalue weighted by atomic mass is 32.2. The third-order valence-corrected chi connectivity index (χ3v) is 3.70. The van der Waals surface area contributed by atoms with Crippen LogP contribution in [0, 0.1) is 6.92 Å². The molecule has 0 aliphatic carbocycles. The summed E-state index contributed by atoms with van der Waals surface area (Å²) in [6.07, 6.45) is 5.68. The number of carbonyl (C=O) groups is 2. The Bertz CT molecular complexity index is 464. The molecule has 118 valence electrons. The number of aliphatic carboxylic acids is 1. The summed E-state index contributed by atoms with van der Waals surface area (Å²) in [7, 11) is 0. The molecule has 1 heterocycles. The minimum absolute atomic E-state index is 0.415. The second kappa shape index (κ2) is 9.28. The molecule has 0 saturated heterocycles. The highest BCUT2D eigenvalue weighted by molar-refractivity contribution is 7.98. The predicted octanol–water partition coefficient (Wildman–Crippen LogP) is 1.16. The van der Waals surface area contributed by atoms with Gasteiger partial charge in [0.2, 0.25) is 0 Å². The van der Waals surface area contributed by atoms with Gasteiger partial charge in [0.25, 0.3) is 0 Å². The van der Waals surface area contributed by atoms with Crippen LogP contribution < -0.4 is 10.6 Å². The highest BCUT2D eigenvalue weighted by Gasteiger charge is 2.18. The first-order valence-electron chi connectivity index (χ1n) is 6.79. The fourth-order valence-corrected chi connectivity index (χ4v) is 2.28. The number of thioether (sulfide) groups is 1. The first-order chi connectivity index (χ1) is 10.0. The molecule has 0 aliphatic heterocycles. The number of hydrogen-bond acceptors (Lipinski definition) is 4. The first-order valence-corrected chi connectivity index (χ1v) is 8.19. The fraction of sp³-hybridized carbons (Fsp3) is 0.615. The molecule has 0 bridgehead atoms. The van der Waals surface area contributed by atoms with Crippen LogP contribution in [0.2, 0.25) is 0 Å². The number of H-pyrrole nitrogens is 1. The average molecular weight is 314 g/mol. The number of aromatic nitrogens is 2. The number of aryl methyl sites for hydroxylation is 2. The van der Waals surface area contributed by atoms with Gasteiger partial charge in [0.15, 0.2) is 0 Å². The molecular formula is C13H22N4O3S. The van der Waals surface area contributed by atoms with Gasteiger partial charge >= 0.3 is 12.0 Å². The van der Waals surface area contributed by atoms with Crippen LogP contribution in [-0.2, 0) is 11.2 Å². The van der Waals surface area contributed by atoms with Crippen LogP contribution in [0.1, 0.15) is 24.1 Å². The zero-order chi connectivity index (χ0) is 15.7. The molecule has 0 radical (unpaired) electrons. The molecule has 1 aromatic rings. The van der Waals surface area contributed by atoms with Crippen molar-refractivity contribution in [3.8, 4) is 0 Å². The normalized spacial score (nSPS) is 11.9. The lowest BCUT2D eigenvalue weighted by Crippen LogP contribution is -2.46. The molecule has 7 nitrogen and oxygen atoms in total. The average Bonchev–Trinajstić information content (AvgIpc) is 2.84. The number of aromatic amines is 1. The molecule has 0 aromatic carbocycles. The molecule has 0 saturated carbocycles. The molecule has 4 N–H and O–H groups in total. The van der Waals surface area contributed by atoms with E-state index < -0.39 is 18.0 Å². The third-order valence-electron chi connectivity index (χ3n) is 3.06. The molecule has 1 atom stereocenters. The van der Waals surface area contributed by atoms with Crippen LogP contribution >= 0.6 is 11.8 Å². The Kier molecular flexibility index (Phi) is 7.66. The van der Waals surface area contributed by atoms with Crippen LogP contribution in [0.4, 0.5) is 4.79 Å². The van der Waals surface area contributed by atoms with Crippen molar-refractivity contribution in [1.29, 1.82) is 0 Å². The lowest BCUT2D eigenvalue weighted by atomic mass is 10.1. The monoisotopic (exact) mass is 314 g/mol. The van der Waals surface area contributed by atoms with Gasteiger partial charge in [-0.25, -0.2) is 9.59 Å². The Morgan fingerprint density at radius 1 is 1.52 bits per heavy atom. The zero-order valence-corrected chi connectivity index (χ0v) is 13.1. The zero-order valence-electron chi connectivity index (χ0n) is 12.3. The molecule has 0 unspecified atom stereocenters. The summed E-state index contributed by atoms with van der Waals surface area (Å²) in [5.74, 6) is -0.315. The van der Waals surface area contributed by atoms with Gasteiger partial charge in [-0.05, 0) is 43.8 Å². The largest absolute Gasteiger partial charge is 0.480 e. The van der Waals surface area contributed by atoms with Crippen molar-refractivity contribution in [2.75, 3.05) is 18.6 Å². The van der Waals surface area contributed by atoms with Crippen molar-refractivity contribution in [3.05, 3.63) is 17.5 Å². The maximum absolute atomic E-state index is 11.6. The van der Waals surface area contributed by atoms with Crippen molar-refractivity contribution < 1.29 is 14.7 Å². The fourth-order valence-electron chi connectivity index (χ4n) is 1.81. The van der Waals surface area contributed by atoms with Crippen LogP contribution in [0.5, 0.6) is 0 Å². The molecule has 0 spiro atoms. The minimum atomic E-state index is -1.01. The maximum atomic E-state index is 11.6. The predicted molar refractivity (Wildman–Crippen MR) is 82.6 cm³/mol. The van der Waals surface area contributed by atoms with E-state index in [1.165, 1.54) is 0 Å². The lowest BCUT2D eigenvalue weighted by molar-refractivity contribution is -0.139. The molecule has 8 heteroatoms. The molecule has 0 fully saturated rings. The third kappa shape index (κ3) is 6.52. The summed E-state index contributed by atoms with van der Waals surface area (Å²) in [6.45, 7) is 2.44. The molecule has 0 aliphatic rings. The number of amides is 2. The Morgan fingerprint density at radius 3 is 2.86 bits per heavy atom. The first kappa shape index (κ1) is 17.4. The molecule has 1 aromatic heterocycles. The van der Waals surface area contributed by atoms with Gasteiger partial charge in [0.05, 0.1) is 6.20 Å². The van der Waals surface area contributed by atoms with E-state index in [0.29, 0.717) is 18.7 Å². The summed E-state index contributed by atoms with van der Waals surface area (Å²) in [4.78, 5) is 22.6. The maximum Gasteiger partial charge on any atom is 0.326 e. The van der Waals surface area contributed by atoms with Crippen molar-refractivity contribution in [2.24, 2.45) is 0 Å². The lowest BCUT2D eigenvalue weighted by Gasteiger charge is -2.14. The van der Waals surface area contributed by atoms with E-state index in [9.17, 15) is 9.59 Å². The van der Waals surface area contributed by atoms with Gasteiger partial charge in [-0.15, -0.1) is 0 Å². The van der Waals surface area contributed by atoms with Crippen molar-refractivity contribution in [1.82, 2.24) is 20.8 Å². The van der Waals surface area contributed by atoms with E-state index in [4.69, 9.17) is 5.11 Å². The number of urea groups is 1. The molecule has 2 amide bonds. The number of nitrogens with zero attached hydrogens (tertiary/aromatic N) is 1. The van der Waals surface area contributed by atoms with Gasteiger partial charge in [-0.1, -0.05) is 0 Å². The van der Waals surface area contributed by atoms with Crippen LogP contribution in [-0.4, -0.2) is 51.9 Å². The minimum Gasteiger partial charge on any atom is -0.480 e. The summed E-state index contributed by atoms with van der Waals surface area (Å²) in [5.41, 5.74) is 2.16.